The molecule has 0 radical (unpaired) electrons. The molecule has 2 rings (SSSR count). The van der Waals surface area contributed by atoms with Crippen LogP contribution in [0.2, 0.25) is 0 Å². The Kier molecular flexibility index (Phi) is 7.52. The van der Waals surface area contributed by atoms with Gasteiger partial charge in [0.1, 0.15) is 0 Å². The molecule has 0 aliphatic heterocycles. The molecule has 0 fully saturated rings. The number of amides is 1. The highest BCUT2D eigenvalue weighted by atomic mass is 32.2. The summed E-state index contributed by atoms with van der Waals surface area (Å²) >= 11 is 1.73. The van der Waals surface area contributed by atoms with Crippen molar-refractivity contribution in [1.29, 1.82) is 0 Å². The van der Waals surface area contributed by atoms with Gasteiger partial charge in [0.25, 0.3) is 5.91 Å². The molecule has 25 heavy (non-hydrogen) atoms. The molecular formula is C19H23NO3S2. The second kappa shape index (κ2) is 9.63. The van der Waals surface area contributed by atoms with Gasteiger partial charge >= 0.3 is 0 Å². The second-order valence-corrected chi connectivity index (χ2v) is 8.83. The second-order valence-electron chi connectivity index (χ2n) is 5.59. The zero-order chi connectivity index (χ0) is 18.1. The van der Waals surface area contributed by atoms with E-state index in [2.05, 4.69) is 17.4 Å². The zero-order valence-electron chi connectivity index (χ0n) is 14.3. The lowest BCUT2D eigenvalue weighted by atomic mass is 10.2. The van der Waals surface area contributed by atoms with Crippen LogP contribution in [0.1, 0.15) is 30.1 Å². The highest BCUT2D eigenvalue weighted by molar-refractivity contribution is 7.99. The lowest BCUT2D eigenvalue weighted by molar-refractivity contribution is 0.0950. The summed E-state index contributed by atoms with van der Waals surface area (Å²) in [4.78, 5) is 13.7. The lowest BCUT2D eigenvalue weighted by Gasteiger charge is -2.10. The van der Waals surface area contributed by atoms with Gasteiger partial charge in [-0.3, -0.25) is 4.79 Å². The normalized spacial score (nSPS) is 11.2. The van der Waals surface area contributed by atoms with E-state index >= 15 is 0 Å². The first-order valence-electron chi connectivity index (χ1n) is 8.32. The third-order valence-corrected chi connectivity index (χ3v) is 6.63. The van der Waals surface area contributed by atoms with Gasteiger partial charge in [-0.1, -0.05) is 37.3 Å². The third kappa shape index (κ3) is 5.90. The summed E-state index contributed by atoms with van der Waals surface area (Å²) in [7, 11) is -3.42. The predicted molar refractivity (Wildman–Crippen MR) is 103 cm³/mol. The van der Waals surface area contributed by atoms with Gasteiger partial charge in [0, 0.05) is 11.4 Å². The van der Waals surface area contributed by atoms with Crippen molar-refractivity contribution in [2.75, 3.05) is 18.1 Å². The molecule has 0 heterocycles. The number of thioether (sulfide) groups is 1. The number of benzene rings is 2. The molecule has 0 spiro atoms. The number of carbonyl (C=O) groups excluding carboxylic acids is 1. The fraction of sp³-hybridized carbons (Fsp3) is 0.316. The summed E-state index contributed by atoms with van der Waals surface area (Å²) in [5, 5.41) is 2.82. The van der Waals surface area contributed by atoms with Crippen molar-refractivity contribution in [2.24, 2.45) is 0 Å². The zero-order valence-corrected chi connectivity index (χ0v) is 15.9. The van der Waals surface area contributed by atoms with Crippen LogP contribution in [0.25, 0.3) is 0 Å². The molecule has 0 unspecified atom stereocenters. The molecule has 6 heteroatoms. The smallest absolute Gasteiger partial charge is 0.252 e. The molecule has 0 atom stereocenters. The van der Waals surface area contributed by atoms with E-state index in [1.807, 2.05) is 25.1 Å². The molecule has 1 amide bonds. The summed E-state index contributed by atoms with van der Waals surface area (Å²) < 4.78 is 24.6. The molecule has 134 valence electrons. The maximum Gasteiger partial charge on any atom is 0.252 e. The van der Waals surface area contributed by atoms with Crippen LogP contribution in [0.3, 0.4) is 0 Å². The Morgan fingerprint density at radius 1 is 1.04 bits per heavy atom. The number of hydrogen-bond acceptors (Lipinski definition) is 4. The largest absolute Gasteiger partial charge is 0.352 e. The Morgan fingerprint density at radius 3 is 2.44 bits per heavy atom. The fourth-order valence-corrected chi connectivity index (χ4v) is 4.79. The van der Waals surface area contributed by atoms with Crippen LogP contribution in [0.4, 0.5) is 0 Å². The predicted octanol–water partition coefficient (Wildman–Crippen LogP) is 3.78. The van der Waals surface area contributed by atoms with Crippen molar-refractivity contribution in [1.82, 2.24) is 5.32 Å². The van der Waals surface area contributed by atoms with Gasteiger partial charge in [-0.25, -0.2) is 8.42 Å². The number of rotatable bonds is 9. The minimum atomic E-state index is -3.42. The van der Waals surface area contributed by atoms with E-state index < -0.39 is 9.84 Å². The van der Waals surface area contributed by atoms with Crippen LogP contribution in [-0.4, -0.2) is 32.4 Å². The van der Waals surface area contributed by atoms with Crippen molar-refractivity contribution in [3.05, 3.63) is 60.2 Å². The molecule has 2 aromatic carbocycles. The van der Waals surface area contributed by atoms with Gasteiger partial charge in [0.05, 0.1) is 16.2 Å². The average molecular weight is 378 g/mol. The summed E-state index contributed by atoms with van der Waals surface area (Å²) in [5.74, 6) is 0.602. The highest BCUT2D eigenvalue weighted by Gasteiger charge is 2.20. The van der Waals surface area contributed by atoms with E-state index in [0.717, 1.165) is 12.2 Å². The maximum absolute atomic E-state index is 12.4. The van der Waals surface area contributed by atoms with Crippen LogP contribution in [-0.2, 0) is 9.84 Å². The van der Waals surface area contributed by atoms with Gasteiger partial charge in [-0.15, -0.1) is 11.8 Å². The van der Waals surface area contributed by atoms with Crippen molar-refractivity contribution < 1.29 is 13.2 Å². The minimum absolute atomic E-state index is 0.0466. The van der Waals surface area contributed by atoms with Crippen LogP contribution >= 0.6 is 11.8 Å². The van der Waals surface area contributed by atoms with Crippen molar-refractivity contribution in [2.45, 2.75) is 29.6 Å². The average Bonchev–Trinajstić information content (AvgIpc) is 2.62. The van der Waals surface area contributed by atoms with E-state index in [1.54, 1.807) is 30.0 Å². The molecule has 2 aromatic rings. The number of sulfone groups is 1. The Hall–Kier alpha value is -1.79. The third-order valence-electron chi connectivity index (χ3n) is 3.56. The summed E-state index contributed by atoms with van der Waals surface area (Å²) in [6.45, 7) is 2.32. The number of nitrogens with one attached hydrogen (secondary N) is 1. The van der Waals surface area contributed by atoms with Gasteiger partial charge in [-0.2, -0.15) is 0 Å². The molecule has 1 N–H and O–H groups in total. The molecule has 0 saturated heterocycles. The topological polar surface area (TPSA) is 63.2 Å². The van der Waals surface area contributed by atoms with Crippen LogP contribution in [0.5, 0.6) is 0 Å². The van der Waals surface area contributed by atoms with E-state index in [-0.39, 0.29) is 22.1 Å². The standard InChI is InChI=1S/C19H23NO3S2/c1-2-15-25(22,23)18-12-7-6-11-17(18)19(21)20-13-8-14-24-16-9-4-3-5-10-16/h3-7,9-12H,2,8,13-15H2,1H3,(H,20,21). The molecule has 0 saturated carbocycles. The van der Waals surface area contributed by atoms with Gasteiger partial charge in [0.15, 0.2) is 9.84 Å². The molecule has 0 bridgehead atoms. The molecule has 0 aliphatic carbocycles. The Balaban J connectivity index is 1.89. The summed E-state index contributed by atoms with van der Waals surface area (Å²) in [5.41, 5.74) is 0.228. The maximum atomic E-state index is 12.4. The van der Waals surface area contributed by atoms with Crippen molar-refractivity contribution in [3.8, 4) is 0 Å². The number of hydrogen-bond donors (Lipinski definition) is 1. The molecular weight excluding hydrogens is 354 g/mol. The van der Waals surface area contributed by atoms with Gasteiger partial charge < -0.3 is 5.32 Å². The monoisotopic (exact) mass is 377 g/mol. The first-order chi connectivity index (χ1) is 12.0. The SMILES string of the molecule is CCCS(=O)(=O)c1ccccc1C(=O)NCCCSc1ccccc1. The van der Waals surface area contributed by atoms with Crippen molar-refractivity contribution >= 4 is 27.5 Å². The Bertz CT molecular complexity index is 789. The summed E-state index contributed by atoms with van der Waals surface area (Å²) in [6.07, 6.45) is 1.34. The van der Waals surface area contributed by atoms with Crippen LogP contribution < -0.4 is 5.32 Å². The molecule has 0 aromatic heterocycles. The van der Waals surface area contributed by atoms with Crippen LogP contribution in [0.15, 0.2) is 64.4 Å². The minimum Gasteiger partial charge on any atom is -0.352 e. The number of carbonyl (C=O) groups is 1. The van der Waals surface area contributed by atoms with E-state index in [1.165, 1.54) is 11.0 Å². The van der Waals surface area contributed by atoms with Crippen molar-refractivity contribution in [3.63, 3.8) is 0 Å². The Labute approximate surface area is 154 Å². The molecule has 4 nitrogen and oxygen atoms in total. The first-order valence-corrected chi connectivity index (χ1v) is 11.0. The van der Waals surface area contributed by atoms with E-state index in [9.17, 15) is 13.2 Å². The van der Waals surface area contributed by atoms with E-state index in [4.69, 9.17) is 0 Å². The van der Waals surface area contributed by atoms with Crippen LogP contribution in [0, 0.1) is 0 Å². The van der Waals surface area contributed by atoms with Gasteiger partial charge in [-0.05, 0) is 42.9 Å². The quantitative estimate of drug-likeness (QED) is 0.533. The van der Waals surface area contributed by atoms with E-state index in [0.29, 0.717) is 13.0 Å². The highest BCUT2D eigenvalue weighted by Crippen LogP contribution is 2.19. The summed E-state index contributed by atoms with van der Waals surface area (Å²) in [6, 6.07) is 16.5. The Morgan fingerprint density at radius 2 is 1.72 bits per heavy atom. The van der Waals surface area contributed by atoms with Gasteiger partial charge in [0.2, 0.25) is 0 Å². The lowest BCUT2D eigenvalue weighted by Crippen LogP contribution is -2.26. The molecule has 0 aliphatic rings. The fourth-order valence-electron chi connectivity index (χ4n) is 2.38. The first kappa shape index (κ1) is 19.5.